The number of Topliss-reactive ketones (excluding diaryl/α,β-unsaturated/α-hetero) is 1. The molecule has 5 amide bonds. The molecule has 0 aromatic carbocycles. The van der Waals surface area contributed by atoms with Crippen molar-refractivity contribution in [3.63, 3.8) is 0 Å². The quantitative estimate of drug-likeness (QED) is 0.279. The van der Waals surface area contributed by atoms with Gasteiger partial charge in [-0.15, -0.1) is 11.3 Å². The van der Waals surface area contributed by atoms with Crippen LogP contribution in [0.5, 0.6) is 0 Å². The smallest absolute Gasteiger partial charge is 0.315 e. The first-order valence-corrected chi connectivity index (χ1v) is 20.7. The van der Waals surface area contributed by atoms with Crippen molar-refractivity contribution in [3.8, 4) is 0 Å². The van der Waals surface area contributed by atoms with Crippen LogP contribution in [0.4, 0.5) is 4.79 Å². The van der Waals surface area contributed by atoms with Crippen LogP contribution in [0.3, 0.4) is 0 Å². The van der Waals surface area contributed by atoms with Crippen LogP contribution >= 0.6 is 11.3 Å². The van der Waals surface area contributed by atoms with Crippen LogP contribution in [0.15, 0.2) is 21.7 Å². The molecular formula is C36H58N6O7S2. The topological polar surface area (TPSA) is 174 Å². The summed E-state index contributed by atoms with van der Waals surface area (Å²) in [5.41, 5.74) is -0.720. The van der Waals surface area contributed by atoms with E-state index in [0.717, 1.165) is 43.4 Å². The molecule has 13 nitrogen and oxygen atoms in total. The second-order valence-electron chi connectivity index (χ2n) is 16.0. The van der Waals surface area contributed by atoms with Gasteiger partial charge in [-0.05, 0) is 53.9 Å². The minimum Gasteiger partial charge on any atom is -0.350 e. The molecule has 1 saturated carbocycles. The highest BCUT2D eigenvalue weighted by atomic mass is 32.2. The number of thiophene rings is 1. The lowest BCUT2D eigenvalue weighted by Crippen LogP contribution is -2.60. The zero-order chi connectivity index (χ0) is 37.7. The van der Waals surface area contributed by atoms with Gasteiger partial charge >= 0.3 is 6.03 Å². The van der Waals surface area contributed by atoms with E-state index in [1.54, 1.807) is 29.3 Å². The van der Waals surface area contributed by atoms with Crippen LogP contribution in [0.1, 0.15) is 99.3 Å². The summed E-state index contributed by atoms with van der Waals surface area (Å²) in [5, 5.41) is 13.0. The van der Waals surface area contributed by atoms with Crippen LogP contribution in [0, 0.1) is 22.7 Å². The van der Waals surface area contributed by atoms with Crippen molar-refractivity contribution in [1.29, 1.82) is 0 Å². The van der Waals surface area contributed by atoms with Crippen molar-refractivity contribution in [2.45, 2.75) is 128 Å². The Morgan fingerprint density at radius 3 is 2.27 bits per heavy atom. The minimum absolute atomic E-state index is 0.0126. The molecule has 3 heterocycles. The lowest BCUT2D eigenvalue weighted by Gasteiger charge is -2.36. The van der Waals surface area contributed by atoms with Crippen molar-refractivity contribution < 1.29 is 32.4 Å². The molecule has 0 radical (unpaired) electrons. The van der Waals surface area contributed by atoms with E-state index in [1.165, 1.54) is 11.4 Å². The number of carbonyl (C=O) groups is 5. The average molecular weight is 751 g/mol. The summed E-state index contributed by atoms with van der Waals surface area (Å²) < 4.78 is 27.8. The maximum Gasteiger partial charge on any atom is 0.315 e. The number of hydrogen-bond donors (Lipinski definition) is 4. The number of ketones is 1. The first-order valence-electron chi connectivity index (χ1n) is 18.4. The van der Waals surface area contributed by atoms with Crippen molar-refractivity contribution in [3.05, 3.63) is 17.5 Å². The fourth-order valence-electron chi connectivity index (χ4n) is 7.60. The standard InChI is InChI=1S/C36H58N6O7S2/c1-8-37-32(45)30(43)24-17-14-12-10-9-11-13-15-18-25(33(46)42-21-23-28(36(23,5)6)29(42)31(44)38-24)39-34(47)40-26(35(2,3)4)22-41(7)51(48,49)27-19-16-20-50-27/h16,19-20,23-26,28-29H,8-15,17-18,21-22H2,1-7H3,(H,37,45)(H,38,44)(H2,39,40,47)/t23-,24+,25+,26-,28-,29+/m1/s1. The molecule has 0 spiro atoms. The average Bonchev–Trinajstić information content (AvgIpc) is 3.51. The highest BCUT2D eigenvalue weighted by molar-refractivity contribution is 7.91. The van der Waals surface area contributed by atoms with Crippen LogP contribution in [0.25, 0.3) is 0 Å². The maximum atomic E-state index is 14.4. The first kappa shape index (κ1) is 40.7. The molecule has 15 heteroatoms. The summed E-state index contributed by atoms with van der Waals surface area (Å²) in [5.74, 6) is -2.29. The Morgan fingerprint density at radius 2 is 1.69 bits per heavy atom. The molecule has 0 unspecified atom stereocenters. The Hall–Kier alpha value is -3.04. The molecule has 4 N–H and O–H groups in total. The molecule has 1 aromatic rings. The summed E-state index contributed by atoms with van der Waals surface area (Å²) in [6.07, 6.45) is 6.69. The van der Waals surface area contributed by atoms with Crippen molar-refractivity contribution in [1.82, 2.24) is 30.5 Å². The summed E-state index contributed by atoms with van der Waals surface area (Å²) in [4.78, 5) is 69.4. The molecule has 4 rings (SSSR count). The Morgan fingerprint density at radius 1 is 1.06 bits per heavy atom. The van der Waals surface area contributed by atoms with Gasteiger partial charge in [0, 0.05) is 32.7 Å². The number of piperidine rings is 1. The molecule has 51 heavy (non-hydrogen) atoms. The highest BCUT2D eigenvalue weighted by Crippen LogP contribution is 2.65. The number of hydrogen-bond acceptors (Lipinski definition) is 8. The van der Waals surface area contributed by atoms with E-state index in [0.29, 0.717) is 32.2 Å². The second kappa shape index (κ2) is 16.7. The van der Waals surface area contributed by atoms with Crippen LogP contribution < -0.4 is 21.3 Å². The van der Waals surface area contributed by atoms with E-state index in [2.05, 4.69) is 35.1 Å². The Balaban J connectivity index is 1.55. The largest absolute Gasteiger partial charge is 0.350 e. The molecule has 1 aromatic heterocycles. The monoisotopic (exact) mass is 750 g/mol. The third-order valence-corrected chi connectivity index (χ3v) is 14.2. The van der Waals surface area contributed by atoms with E-state index >= 15 is 0 Å². The number of fused-ring (bicyclic) bond motifs is 3. The van der Waals surface area contributed by atoms with Gasteiger partial charge in [0.15, 0.2) is 0 Å². The SMILES string of the molecule is CCNC(=O)C(=O)[C@@H]1CCCCCCCCC[C@H](NC(=O)N[C@H](CN(C)S(=O)(=O)c2cccs2)C(C)(C)C)C(=O)N2C[C@@H]3[C@H]([C@H]2C(=O)N1)C3(C)C. The number of sulfonamides is 1. The van der Waals surface area contributed by atoms with Gasteiger partial charge in [-0.3, -0.25) is 19.2 Å². The van der Waals surface area contributed by atoms with Gasteiger partial charge in [-0.1, -0.05) is 85.6 Å². The molecular weight excluding hydrogens is 693 g/mol. The predicted octanol–water partition coefficient (Wildman–Crippen LogP) is 3.65. The van der Waals surface area contributed by atoms with Gasteiger partial charge in [-0.2, -0.15) is 4.31 Å². The van der Waals surface area contributed by atoms with Gasteiger partial charge in [0.1, 0.15) is 16.3 Å². The number of amides is 5. The summed E-state index contributed by atoms with van der Waals surface area (Å²) >= 11 is 1.13. The van der Waals surface area contributed by atoms with E-state index in [1.807, 2.05) is 20.8 Å². The third kappa shape index (κ3) is 9.69. The molecule has 286 valence electrons. The highest BCUT2D eigenvalue weighted by Gasteiger charge is 2.69. The first-order chi connectivity index (χ1) is 23.9. The summed E-state index contributed by atoms with van der Waals surface area (Å²) in [6.45, 7) is 12.2. The Kier molecular flexibility index (Phi) is 13.4. The molecule has 0 bridgehead atoms. The van der Waals surface area contributed by atoms with Crippen LogP contribution in [-0.4, -0.2) is 98.0 Å². The van der Waals surface area contributed by atoms with E-state index < -0.39 is 63.2 Å². The van der Waals surface area contributed by atoms with Crippen molar-refractivity contribution in [2.75, 3.05) is 26.7 Å². The van der Waals surface area contributed by atoms with Crippen molar-refractivity contribution in [2.24, 2.45) is 22.7 Å². The van der Waals surface area contributed by atoms with Gasteiger partial charge in [-0.25, -0.2) is 13.2 Å². The second-order valence-corrected chi connectivity index (χ2v) is 19.3. The summed E-state index contributed by atoms with van der Waals surface area (Å²) in [7, 11) is -2.28. The third-order valence-electron chi connectivity index (χ3n) is 11.0. The number of likely N-dealkylation sites (N-methyl/N-ethyl adjacent to an activating group) is 2. The Labute approximate surface area is 307 Å². The number of carbonyl (C=O) groups excluding carboxylic acids is 5. The maximum absolute atomic E-state index is 14.4. The normalized spacial score (nSPS) is 26.7. The number of urea groups is 1. The van der Waals surface area contributed by atoms with E-state index in [4.69, 9.17) is 0 Å². The van der Waals surface area contributed by atoms with Gasteiger partial charge in [0.25, 0.3) is 15.9 Å². The lowest BCUT2D eigenvalue weighted by molar-refractivity contribution is -0.144. The lowest BCUT2D eigenvalue weighted by atomic mass is 9.86. The predicted molar refractivity (Wildman–Crippen MR) is 196 cm³/mol. The molecule has 2 aliphatic heterocycles. The number of rotatable bonds is 9. The molecule has 3 fully saturated rings. The van der Waals surface area contributed by atoms with Crippen LogP contribution in [-0.2, 0) is 29.2 Å². The number of nitrogens with one attached hydrogen (secondary N) is 4. The zero-order valence-electron chi connectivity index (χ0n) is 31.3. The number of nitrogens with zero attached hydrogens (tertiary/aromatic N) is 2. The van der Waals surface area contributed by atoms with Gasteiger partial charge < -0.3 is 26.2 Å². The molecule has 6 atom stereocenters. The molecule has 1 aliphatic carbocycles. The fourth-order valence-corrected chi connectivity index (χ4v) is 9.98. The minimum atomic E-state index is -3.76. The van der Waals surface area contributed by atoms with E-state index in [-0.39, 0.29) is 40.5 Å². The van der Waals surface area contributed by atoms with Crippen molar-refractivity contribution >= 4 is 50.9 Å². The fraction of sp³-hybridized carbons (Fsp3) is 0.750. The summed E-state index contributed by atoms with van der Waals surface area (Å²) in [6, 6.07) is -0.739. The zero-order valence-corrected chi connectivity index (χ0v) is 32.9. The molecule has 2 saturated heterocycles. The van der Waals surface area contributed by atoms with Gasteiger partial charge in [0.2, 0.25) is 17.6 Å². The Bertz CT molecular complexity index is 1520. The van der Waals surface area contributed by atoms with Gasteiger partial charge in [0.05, 0.1) is 6.04 Å². The van der Waals surface area contributed by atoms with Crippen LogP contribution in [0.2, 0.25) is 0 Å². The van der Waals surface area contributed by atoms with E-state index in [9.17, 15) is 32.4 Å². The molecule has 3 aliphatic rings.